The fourth-order valence-corrected chi connectivity index (χ4v) is 1.33. The molecule has 0 aliphatic heterocycles. The third-order valence-corrected chi connectivity index (χ3v) is 2.65. The normalized spacial score (nSPS) is 12.8. The highest BCUT2D eigenvalue weighted by Gasteiger charge is 2.04. The van der Waals surface area contributed by atoms with Crippen LogP contribution in [0.1, 0.15) is 25.3 Å². The SMILES string of the molecule is CCC(Cl)CCc1ccccc1F. The van der Waals surface area contributed by atoms with Crippen molar-refractivity contribution in [3.63, 3.8) is 0 Å². The van der Waals surface area contributed by atoms with E-state index in [1.165, 1.54) is 6.07 Å². The number of hydrogen-bond donors (Lipinski definition) is 0. The van der Waals surface area contributed by atoms with Gasteiger partial charge in [0.1, 0.15) is 5.82 Å². The van der Waals surface area contributed by atoms with Crippen LogP contribution < -0.4 is 0 Å². The molecule has 0 spiro atoms. The maximum Gasteiger partial charge on any atom is 0.126 e. The highest BCUT2D eigenvalue weighted by Crippen LogP contribution is 2.14. The van der Waals surface area contributed by atoms with Crippen LogP contribution in [0, 0.1) is 5.82 Å². The predicted octanol–water partition coefficient (Wildman–Crippen LogP) is 3.78. The van der Waals surface area contributed by atoms with Crippen LogP contribution in [0.2, 0.25) is 0 Å². The summed E-state index contributed by atoms with van der Waals surface area (Å²) in [5.41, 5.74) is 0.765. The molecule has 0 saturated carbocycles. The molecule has 0 heterocycles. The Labute approximate surface area is 83.7 Å². The summed E-state index contributed by atoms with van der Waals surface area (Å²) in [5.74, 6) is -0.123. The Kier molecular flexibility index (Phi) is 4.23. The average molecular weight is 201 g/mol. The maximum absolute atomic E-state index is 13.1. The lowest BCUT2D eigenvalue weighted by atomic mass is 10.1. The molecule has 13 heavy (non-hydrogen) atoms. The summed E-state index contributed by atoms with van der Waals surface area (Å²) in [6.07, 6.45) is 2.52. The van der Waals surface area contributed by atoms with Gasteiger partial charge in [-0.1, -0.05) is 25.1 Å². The average Bonchev–Trinajstić information content (AvgIpc) is 2.16. The molecule has 72 valence electrons. The Bertz CT molecular complexity index is 260. The molecule has 0 fully saturated rings. The highest BCUT2D eigenvalue weighted by molar-refractivity contribution is 6.20. The molecule has 0 amide bonds. The lowest BCUT2D eigenvalue weighted by molar-refractivity contribution is 0.600. The van der Waals surface area contributed by atoms with E-state index < -0.39 is 0 Å². The topological polar surface area (TPSA) is 0 Å². The van der Waals surface area contributed by atoms with Crippen LogP contribution in [0.5, 0.6) is 0 Å². The summed E-state index contributed by atoms with van der Waals surface area (Å²) >= 11 is 5.95. The molecule has 1 unspecified atom stereocenters. The van der Waals surface area contributed by atoms with Crippen molar-refractivity contribution in [2.75, 3.05) is 0 Å². The van der Waals surface area contributed by atoms with Gasteiger partial charge in [-0.25, -0.2) is 4.39 Å². The van der Waals surface area contributed by atoms with E-state index in [1.54, 1.807) is 6.07 Å². The quantitative estimate of drug-likeness (QED) is 0.649. The van der Waals surface area contributed by atoms with E-state index in [0.29, 0.717) is 0 Å². The van der Waals surface area contributed by atoms with E-state index in [1.807, 2.05) is 19.1 Å². The van der Waals surface area contributed by atoms with Gasteiger partial charge in [-0.2, -0.15) is 0 Å². The zero-order valence-corrected chi connectivity index (χ0v) is 8.52. The first-order valence-corrected chi connectivity index (χ1v) is 5.05. The van der Waals surface area contributed by atoms with Crippen molar-refractivity contribution in [2.24, 2.45) is 0 Å². The molecule has 0 aliphatic carbocycles. The van der Waals surface area contributed by atoms with E-state index in [9.17, 15) is 4.39 Å². The van der Waals surface area contributed by atoms with Gasteiger partial charge in [-0.05, 0) is 30.9 Å². The van der Waals surface area contributed by atoms with Crippen molar-refractivity contribution in [1.82, 2.24) is 0 Å². The fraction of sp³-hybridized carbons (Fsp3) is 0.455. The molecule has 2 heteroatoms. The van der Waals surface area contributed by atoms with Gasteiger partial charge >= 0.3 is 0 Å². The predicted molar refractivity (Wildman–Crippen MR) is 54.7 cm³/mol. The molecular weight excluding hydrogens is 187 g/mol. The molecule has 0 aliphatic rings. The molecule has 0 bridgehead atoms. The summed E-state index contributed by atoms with van der Waals surface area (Å²) in [6, 6.07) is 6.86. The lowest BCUT2D eigenvalue weighted by Gasteiger charge is -2.06. The largest absolute Gasteiger partial charge is 0.207 e. The molecular formula is C11H14ClF. The maximum atomic E-state index is 13.1. The Balaban J connectivity index is 2.50. The first-order chi connectivity index (χ1) is 6.24. The zero-order valence-electron chi connectivity index (χ0n) is 7.76. The number of rotatable bonds is 4. The molecule has 1 aromatic rings. The molecule has 0 nitrogen and oxygen atoms in total. The lowest BCUT2D eigenvalue weighted by Crippen LogP contribution is -1.99. The minimum atomic E-state index is -0.123. The van der Waals surface area contributed by atoms with Gasteiger partial charge in [0.05, 0.1) is 0 Å². The van der Waals surface area contributed by atoms with Crippen LogP contribution in [-0.4, -0.2) is 5.38 Å². The van der Waals surface area contributed by atoms with Crippen molar-refractivity contribution >= 4 is 11.6 Å². The minimum absolute atomic E-state index is 0.123. The molecule has 1 aromatic carbocycles. The molecule has 1 atom stereocenters. The van der Waals surface area contributed by atoms with Gasteiger partial charge in [0.25, 0.3) is 0 Å². The summed E-state index contributed by atoms with van der Waals surface area (Å²) in [6.45, 7) is 2.04. The molecule has 0 saturated heterocycles. The van der Waals surface area contributed by atoms with E-state index in [0.717, 1.165) is 24.8 Å². The third-order valence-electron chi connectivity index (χ3n) is 2.13. The molecule has 1 rings (SSSR count). The van der Waals surface area contributed by atoms with Crippen molar-refractivity contribution in [1.29, 1.82) is 0 Å². The van der Waals surface area contributed by atoms with Gasteiger partial charge < -0.3 is 0 Å². The van der Waals surface area contributed by atoms with E-state index in [-0.39, 0.29) is 11.2 Å². The number of hydrogen-bond acceptors (Lipinski definition) is 0. The van der Waals surface area contributed by atoms with Crippen LogP contribution in [-0.2, 0) is 6.42 Å². The smallest absolute Gasteiger partial charge is 0.126 e. The van der Waals surface area contributed by atoms with Crippen LogP contribution in [0.25, 0.3) is 0 Å². The standard InChI is InChI=1S/C11H14ClF/c1-2-10(12)8-7-9-5-3-4-6-11(9)13/h3-6,10H,2,7-8H2,1H3. The first-order valence-electron chi connectivity index (χ1n) is 4.61. The Morgan fingerprint density at radius 1 is 1.38 bits per heavy atom. The second-order valence-corrected chi connectivity index (χ2v) is 3.75. The van der Waals surface area contributed by atoms with Crippen LogP contribution in [0.15, 0.2) is 24.3 Å². The van der Waals surface area contributed by atoms with E-state index in [4.69, 9.17) is 11.6 Å². The molecule has 0 radical (unpaired) electrons. The second-order valence-electron chi connectivity index (χ2n) is 3.14. The van der Waals surface area contributed by atoms with Crippen molar-refractivity contribution in [2.45, 2.75) is 31.6 Å². The Hall–Kier alpha value is -0.560. The molecule has 0 N–H and O–H groups in total. The number of alkyl halides is 1. The Morgan fingerprint density at radius 2 is 2.08 bits per heavy atom. The number of halogens is 2. The van der Waals surface area contributed by atoms with Crippen molar-refractivity contribution < 1.29 is 4.39 Å². The van der Waals surface area contributed by atoms with Crippen LogP contribution in [0.4, 0.5) is 4.39 Å². The van der Waals surface area contributed by atoms with Gasteiger partial charge in [-0.3, -0.25) is 0 Å². The van der Waals surface area contributed by atoms with Gasteiger partial charge in [-0.15, -0.1) is 11.6 Å². The van der Waals surface area contributed by atoms with Crippen molar-refractivity contribution in [3.05, 3.63) is 35.6 Å². The highest BCUT2D eigenvalue weighted by atomic mass is 35.5. The minimum Gasteiger partial charge on any atom is -0.207 e. The van der Waals surface area contributed by atoms with Crippen LogP contribution in [0.3, 0.4) is 0 Å². The third kappa shape index (κ3) is 3.35. The van der Waals surface area contributed by atoms with Gasteiger partial charge in [0.2, 0.25) is 0 Å². The van der Waals surface area contributed by atoms with E-state index in [2.05, 4.69) is 0 Å². The first kappa shape index (κ1) is 10.5. The van der Waals surface area contributed by atoms with Crippen LogP contribution >= 0.6 is 11.6 Å². The number of benzene rings is 1. The Morgan fingerprint density at radius 3 is 2.69 bits per heavy atom. The number of aryl methyl sites for hydroxylation is 1. The second kappa shape index (κ2) is 5.23. The van der Waals surface area contributed by atoms with Crippen molar-refractivity contribution in [3.8, 4) is 0 Å². The van der Waals surface area contributed by atoms with E-state index >= 15 is 0 Å². The van der Waals surface area contributed by atoms with Gasteiger partial charge in [0, 0.05) is 5.38 Å². The molecule has 0 aromatic heterocycles. The summed E-state index contributed by atoms with van der Waals surface area (Å²) in [7, 11) is 0. The monoisotopic (exact) mass is 200 g/mol. The summed E-state index contributed by atoms with van der Waals surface area (Å²) in [5, 5.41) is 0.166. The zero-order chi connectivity index (χ0) is 9.68. The summed E-state index contributed by atoms with van der Waals surface area (Å²) < 4.78 is 13.1. The van der Waals surface area contributed by atoms with Gasteiger partial charge in [0.15, 0.2) is 0 Å². The fourth-order valence-electron chi connectivity index (χ4n) is 1.22. The summed E-state index contributed by atoms with van der Waals surface area (Å²) in [4.78, 5) is 0.